The number of hydrogen-bond donors (Lipinski definition) is 0. The van der Waals surface area contributed by atoms with E-state index in [4.69, 9.17) is 4.74 Å². The molecule has 0 aliphatic carbocycles. The third-order valence-corrected chi connectivity index (χ3v) is 3.52. The van der Waals surface area contributed by atoms with Crippen molar-refractivity contribution in [1.82, 2.24) is 14.8 Å². The molecular formula is C15H20N4O. The van der Waals surface area contributed by atoms with Gasteiger partial charge in [-0.15, -0.1) is 0 Å². The number of hydrogen-bond acceptors (Lipinski definition) is 4. The molecule has 0 bridgehead atoms. The average Bonchev–Trinajstić information content (AvgIpc) is 2.98. The summed E-state index contributed by atoms with van der Waals surface area (Å²) in [7, 11) is 0. The van der Waals surface area contributed by atoms with Crippen LogP contribution in [0.3, 0.4) is 0 Å². The highest BCUT2D eigenvalue weighted by Gasteiger charge is 2.13. The summed E-state index contributed by atoms with van der Waals surface area (Å²) >= 11 is 0. The van der Waals surface area contributed by atoms with Crippen LogP contribution >= 0.6 is 0 Å². The van der Waals surface area contributed by atoms with Crippen LogP contribution in [0, 0.1) is 0 Å². The molecule has 5 nitrogen and oxygen atoms in total. The molecule has 1 aliphatic rings. The van der Waals surface area contributed by atoms with Gasteiger partial charge in [0, 0.05) is 37.2 Å². The molecule has 5 heteroatoms. The molecule has 0 spiro atoms. The summed E-state index contributed by atoms with van der Waals surface area (Å²) in [5.74, 6) is 0. The number of ether oxygens (including phenoxy) is 1. The zero-order valence-electron chi connectivity index (χ0n) is 12.0. The molecule has 2 aromatic rings. The van der Waals surface area contributed by atoms with Crippen LogP contribution in [-0.4, -0.2) is 41.1 Å². The van der Waals surface area contributed by atoms with Crippen molar-refractivity contribution in [2.45, 2.75) is 19.9 Å². The van der Waals surface area contributed by atoms with Crippen molar-refractivity contribution in [3.05, 3.63) is 30.6 Å². The summed E-state index contributed by atoms with van der Waals surface area (Å²) in [4.78, 5) is 6.77. The third kappa shape index (κ3) is 2.67. The SMILES string of the molecule is CC(C)n1ccc(-c2cc(N3CCOCC3)ccn2)n1. The molecule has 2 aromatic heterocycles. The fraction of sp³-hybridized carbons (Fsp3) is 0.467. The van der Waals surface area contributed by atoms with Crippen molar-refractivity contribution >= 4 is 5.69 Å². The standard InChI is InChI=1S/C15H20N4O/c1-12(2)19-6-4-14(17-19)15-11-13(3-5-16-15)18-7-9-20-10-8-18/h3-6,11-12H,7-10H2,1-2H3. The minimum Gasteiger partial charge on any atom is -0.378 e. The summed E-state index contributed by atoms with van der Waals surface area (Å²) in [5.41, 5.74) is 3.04. The monoisotopic (exact) mass is 272 g/mol. The highest BCUT2D eigenvalue weighted by atomic mass is 16.5. The average molecular weight is 272 g/mol. The molecule has 20 heavy (non-hydrogen) atoms. The highest BCUT2D eigenvalue weighted by molar-refractivity contribution is 5.61. The van der Waals surface area contributed by atoms with Gasteiger partial charge in [0.2, 0.25) is 0 Å². The first-order valence-corrected chi connectivity index (χ1v) is 7.08. The Morgan fingerprint density at radius 2 is 1.95 bits per heavy atom. The van der Waals surface area contributed by atoms with Crippen molar-refractivity contribution in [2.75, 3.05) is 31.2 Å². The molecule has 0 saturated carbocycles. The normalized spacial score (nSPS) is 15.8. The van der Waals surface area contributed by atoms with E-state index in [1.807, 2.05) is 29.2 Å². The van der Waals surface area contributed by atoms with E-state index in [0.29, 0.717) is 6.04 Å². The van der Waals surface area contributed by atoms with E-state index < -0.39 is 0 Å². The summed E-state index contributed by atoms with van der Waals surface area (Å²) < 4.78 is 7.35. The maximum absolute atomic E-state index is 5.39. The predicted octanol–water partition coefficient (Wildman–Crippen LogP) is 2.36. The molecule has 0 radical (unpaired) electrons. The number of pyridine rings is 1. The number of rotatable bonds is 3. The van der Waals surface area contributed by atoms with Crippen LogP contribution in [0.25, 0.3) is 11.4 Å². The Bertz CT molecular complexity index is 573. The van der Waals surface area contributed by atoms with E-state index in [1.165, 1.54) is 5.69 Å². The lowest BCUT2D eigenvalue weighted by molar-refractivity contribution is 0.122. The highest BCUT2D eigenvalue weighted by Crippen LogP contribution is 2.22. The van der Waals surface area contributed by atoms with Gasteiger partial charge in [0.05, 0.1) is 18.9 Å². The lowest BCUT2D eigenvalue weighted by Gasteiger charge is -2.28. The van der Waals surface area contributed by atoms with Crippen LogP contribution in [-0.2, 0) is 4.74 Å². The lowest BCUT2D eigenvalue weighted by atomic mass is 10.2. The fourth-order valence-electron chi connectivity index (χ4n) is 2.34. The van der Waals surface area contributed by atoms with Crippen molar-refractivity contribution in [3.8, 4) is 11.4 Å². The zero-order valence-corrected chi connectivity index (χ0v) is 12.0. The number of anilines is 1. The Hall–Kier alpha value is -1.88. The maximum Gasteiger partial charge on any atom is 0.111 e. The molecule has 0 unspecified atom stereocenters. The first-order valence-electron chi connectivity index (χ1n) is 7.08. The van der Waals surface area contributed by atoms with E-state index in [2.05, 4.69) is 34.9 Å². The van der Waals surface area contributed by atoms with Crippen LogP contribution in [0.5, 0.6) is 0 Å². The molecule has 1 aliphatic heterocycles. The molecule has 0 amide bonds. The van der Waals surface area contributed by atoms with Gasteiger partial charge in [0.1, 0.15) is 5.69 Å². The molecule has 106 valence electrons. The van der Waals surface area contributed by atoms with Gasteiger partial charge in [0.15, 0.2) is 0 Å². The first-order chi connectivity index (χ1) is 9.74. The molecule has 1 saturated heterocycles. The zero-order chi connectivity index (χ0) is 13.9. The first kappa shape index (κ1) is 13.1. The Kier molecular flexibility index (Phi) is 3.69. The predicted molar refractivity (Wildman–Crippen MR) is 78.9 cm³/mol. The van der Waals surface area contributed by atoms with Crippen LogP contribution < -0.4 is 4.90 Å². The molecule has 1 fully saturated rings. The van der Waals surface area contributed by atoms with Gasteiger partial charge in [-0.25, -0.2) is 0 Å². The van der Waals surface area contributed by atoms with Gasteiger partial charge in [-0.1, -0.05) is 0 Å². The van der Waals surface area contributed by atoms with Crippen molar-refractivity contribution in [2.24, 2.45) is 0 Å². The number of nitrogens with zero attached hydrogens (tertiary/aromatic N) is 4. The summed E-state index contributed by atoms with van der Waals surface area (Å²) in [6.45, 7) is 7.69. The van der Waals surface area contributed by atoms with Crippen LogP contribution in [0.2, 0.25) is 0 Å². The van der Waals surface area contributed by atoms with Gasteiger partial charge in [-0.05, 0) is 32.0 Å². The van der Waals surface area contributed by atoms with Gasteiger partial charge < -0.3 is 9.64 Å². The largest absolute Gasteiger partial charge is 0.378 e. The third-order valence-electron chi connectivity index (χ3n) is 3.52. The van der Waals surface area contributed by atoms with Gasteiger partial charge in [0.25, 0.3) is 0 Å². The molecule has 0 N–H and O–H groups in total. The Labute approximate surface area is 119 Å². The number of aromatic nitrogens is 3. The second-order valence-corrected chi connectivity index (χ2v) is 5.27. The van der Waals surface area contributed by atoms with Gasteiger partial charge >= 0.3 is 0 Å². The molecular weight excluding hydrogens is 252 g/mol. The smallest absolute Gasteiger partial charge is 0.111 e. The van der Waals surface area contributed by atoms with E-state index in [1.54, 1.807) is 0 Å². The van der Waals surface area contributed by atoms with E-state index in [0.717, 1.165) is 37.7 Å². The summed E-state index contributed by atoms with van der Waals surface area (Å²) in [5, 5.41) is 4.58. The van der Waals surface area contributed by atoms with E-state index in [-0.39, 0.29) is 0 Å². The Balaban J connectivity index is 1.86. The lowest BCUT2D eigenvalue weighted by Crippen LogP contribution is -2.36. The topological polar surface area (TPSA) is 43.2 Å². The van der Waals surface area contributed by atoms with Crippen molar-refractivity contribution < 1.29 is 4.74 Å². The quantitative estimate of drug-likeness (QED) is 0.860. The number of morpholine rings is 1. The fourth-order valence-corrected chi connectivity index (χ4v) is 2.34. The molecule has 3 heterocycles. The second kappa shape index (κ2) is 5.63. The van der Waals surface area contributed by atoms with Crippen LogP contribution in [0.1, 0.15) is 19.9 Å². The van der Waals surface area contributed by atoms with Crippen molar-refractivity contribution in [1.29, 1.82) is 0 Å². The minimum absolute atomic E-state index is 0.367. The van der Waals surface area contributed by atoms with Crippen LogP contribution in [0.15, 0.2) is 30.6 Å². The molecule has 0 atom stereocenters. The Morgan fingerprint density at radius 3 is 2.65 bits per heavy atom. The van der Waals surface area contributed by atoms with Crippen molar-refractivity contribution in [3.63, 3.8) is 0 Å². The second-order valence-electron chi connectivity index (χ2n) is 5.27. The minimum atomic E-state index is 0.367. The van der Waals surface area contributed by atoms with Gasteiger partial charge in [-0.2, -0.15) is 5.10 Å². The summed E-state index contributed by atoms with van der Waals surface area (Å²) in [6, 6.07) is 6.55. The van der Waals surface area contributed by atoms with Gasteiger partial charge in [-0.3, -0.25) is 9.67 Å². The molecule has 0 aromatic carbocycles. The maximum atomic E-state index is 5.39. The molecule has 3 rings (SSSR count). The van der Waals surface area contributed by atoms with E-state index >= 15 is 0 Å². The summed E-state index contributed by atoms with van der Waals surface area (Å²) in [6.07, 6.45) is 3.86. The van der Waals surface area contributed by atoms with E-state index in [9.17, 15) is 0 Å². The Morgan fingerprint density at radius 1 is 1.15 bits per heavy atom. The van der Waals surface area contributed by atoms with Crippen LogP contribution in [0.4, 0.5) is 5.69 Å².